The molecule has 3 aromatic rings. The van der Waals surface area contributed by atoms with Crippen LogP contribution in [-0.2, 0) is 16.1 Å². The number of furan rings is 1. The van der Waals surface area contributed by atoms with Gasteiger partial charge in [-0.25, -0.2) is 19.6 Å². The zero-order valence-electron chi connectivity index (χ0n) is 13.6. The fraction of sp³-hybridized carbons (Fsp3) is 0.250. The van der Waals surface area contributed by atoms with Crippen LogP contribution in [0.1, 0.15) is 38.3 Å². The molecule has 9 heteroatoms. The molecule has 0 aliphatic carbocycles. The molecule has 0 spiro atoms. The Morgan fingerprint density at radius 2 is 2.08 bits per heavy atom. The summed E-state index contributed by atoms with van der Waals surface area (Å²) in [7, 11) is 0. The summed E-state index contributed by atoms with van der Waals surface area (Å²) >= 11 is 1.17. The van der Waals surface area contributed by atoms with Crippen molar-refractivity contribution in [3.8, 4) is 0 Å². The van der Waals surface area contributed by atoms with Gasteiger partial charge in [0.15, 0.2) is 12.4 Å². The Morgan fingerprint density at radius 3 is 2.76 bits per heavy atom. The van der Waals surface area contributed by atoms with Crippen molar-refractivity contribution in [1.82, 2.24) is 9.97 Å². The highest BCUT2D eigenvalue weighted by molar-refractivity contribution is 7.20. The molecule has 0 fully saturated rings. The molecule has 0 aliphatic heterocycles. The zero-order valence-corrected chi connectivity index (χ0v) is 14.4. The minimum Gasteiger partial charge on any atom is -0.472 e. The van der Waals surface area contributed by atoms with Crippen molar-refractivity contribution in [3.63, 3.8) is 0 Å². The number of carbonyl (C=O) groups excluding carboxylic acids is 2. The van der Waals surface area contributed by atoms with Gasteiger partial charge in [-0.05, 0) is 25.5 Å². The zero-order chi connectivity index (χ0) is 18.0. The Morgan fingerprint density at radius 1 is 1.28 bits per heavy atom. The van der Waals surface area contributed by atoms with E-state index < -0.39 is 11.9 Å². The summed E-state index contributed by atoms with van der Waals surface area (Å²) in [6, 6.07) is 1.50. The van der Waals surface area contributed by atoms with Crippen LogP contribution in [0.25, 0.3) is 10.2 Å². The summed E-state index contributed by atoms with van der Waals surface area (Å²) in [6.45, 7) is 3.64. The van der Waals surface area contributed by atoms with Crippen LogP contribution in [0.15, 0.2) is 23.0 Å². The van der Waals surface area contributed by atoms with Crippen LogP contribution in [0.5, 0.6) is 0 Å². The van der Waals surface area contributed by atoms with E-state index in [0.717, 1.165) is 0 Å². The third kappa shape index (κ3) is 3.31. The number of aromatic nitrogens is 2. The summed E-state index contributed by atoms with van der Waals surface area (Å²) < 4.78 is 15.0. The fourth-order valence-corrected chi connectivity index (χ4v) is 3.37. The summed E-state index contributed by atoms with van der Waals surface area (Å²) in [6.07, 6.45) is 2.66. The highest BCUT2D eigenvalue weighted by Crippen LogP contribution is 2.33. The summed E-state index contributed by atoms with van der Waals surface area (Å²) in [5, 5.41) is 0.609. The highest BCUT2D eigenvalue weighted by Gasteiger charge is 2.21. The largest absolute Gasteiger partial charge is 0.472 e. The van der Waals surface area contributed by atoms with E-state index in [1.807, 2.05) is 0 Å². The lowest BCUT2D eigenvalue weighted by atomic mass is 10.2. The third-order valence-corrected chi connectivity index (χ3v) is 4.58. The van der Waals surface area contributed by atoms with Crippen molar-refractivity contribution in [1.29, 1.82) is 0 Å². The maximum Gasteiger partial charge on any atom is 0.348 e. The molecule has 0 saturated carbocycles. The molecule has 25 heavy (non-hydrogen) atoms. The number of nitrogen functional groups attached to an aromatic ring is 1. The van der Waals surface area contributed by atoms with Crippen LogP contribution >= 0.6 is 11.3 Å². The Balaban J connectivity index is 1.86. The van der Waals surface area contributed by atoms with E-state index in [4.69, 9.17) is 19.6 Å². The second-order valence-electron chi connectivity index (χ2n) is 5.07. The SMILES string of the molecule is CCOC(=O)c1sc2nc(COC(=O)c3ccoc3)nc(N)c2c1C. The van der Waals surface area contributed by atoms with E-state index in [0.29, 0.717) is 26.2 Å². The number of nitrogens with two attached hydrogens (primary N) is 1. The molecule has 0 amide bonds. The first-order chi connectivity index (χ1) is 12.0. The number of hydrogen-bond donors (Lipinski definition) is 1. The van der Waals surface area contributed by atoms with Gasteiger partial charge in [-0.1, -0.05) is 0 Å². The second-order valence-corrected chi connectivity index (χ2v) is 6.07. The number of thiophene rings is 1. The van der Waals surface area contributed by atoms with Gasteiger partial charge in [0.1, 0.15) is 21.8 Å². The van der Waals surface area contributed by atoms with Crippen molar-refractivity contribution in [2.75, 3.05) is 12.3 Å². The van der Waals surface area contributed by atoms with Crippen molar-refractivity contribution in [2.45, 2.75) is 20.5 Å². The Bertz CT molecular complexity index is 933. The van der Waals surface area contributed by atoms with Gasteiger partial charge >= 0.3 is 11.9 Å². The number of rotatable bonds is 5. The van der Waals surface area contributed by atoms with Gasteiger partial charge in [0.25, 0.3) is 0 Å². The van der Waals surface area contributed by atoms with Gasteiger partial charge in [-0.2, -0.15) is 0 Å². The molecule has 0 atom stereocenters. The van der Waals surface area contributed by atoms with Gasteiger partial charge in [-0.15, -0.1) is 11.3 Å². The van der Waals surface area contributed by atoms with E-state index in [9.17, 15) is 9.59 Å². The lowest BCUT2D eigenvalue weighted by Crippen LogP contribution is -2.08. The number of fused-ring (bicyclic) bond motifs is 1. The van der Waals surface area contributed by atoms with Gasteiger partial charge in [0, 0.05) is 0 Å². The maximum absolute atomic E-state index is 12.0. The van der Waals surface area contributed by atoms with E-state index >= 15 is 0 Å². The molecule has 0 aromatic carbocycles. The quantitative estimate of drug-likeness (QED) is 0.689. The molecule has 3 rings (SSSR count). The Labute approximate surface area is 146 Å². The van der Waals surface area contributed by atoms with Gasteiger partial charge in [-0.3, -0.25) is 0 Å². The Kier molecular flexibility index (Phi) is 4.66. The van der Waals surface area contributed by atoms with Crippen molar-refractivity contribution >= 4 is 39.3 Å². The topological polar surface area (TPSA) is 118 Å². The molecule has 130 valence electrons. The monoisotopic (exact) mass is 361 g/mol. The first-order valence-corrected chi connectivity index (χ1v) is 8.24. The highest BCUT2D eigenvalue weighted by atomic mass is 32.1. The molecule has 3 aromatic heterocycles. The van der Waals surface area contributed by atoms with Crippen molar-refractivity contribution in [2.24, 2.45) is 0 Å². The lowest BCUT2D eigenvalue weighted by Gasteiger charge is -2.04. The van der Waals surface area contributed by atoms with E-state index in [1.54, 1.807) is 13.8 Å². The lowest BCUT2D eigenvalue weighted by molar-refractivity contribution is 0.0461. The van der Waals surface area contributed by atoms with Gasteiger partial charge in [0.05, 0.1) is 23.8 Å². The number of anilines is 1. The predicted molar refractivity (Wildman–Crippen MR) is 90.3 cm³/mol. The number of esters is 2. The van der Waals surface area contributed by atoms with E-state index in [1.165, 1.54) is 29.9 Å². The van der Waals surface area contributed by atoms with E-state index in [2.05, 4.69) is 9.97 Å². The normalized spacial score (nSPS) is 10.8. The minimum absolute atomic E-state index is 0.143. The van der Waals surface area contributed by atoms with Crippen molar-refractivity contribution < 1.29 is 23.5 Å². The predicted octanol–water partition coefficient (Wildman–Crippen LogP) is 2.71. The van der Waals surface area contributed by atoms with Gasteiger partial charge in [0.2, 0.25) is 0 Å². The first kappa shape index (κ1) is 16.9. The number of aryl methyl sites for hydroxylation is 1. The van der Waals surface area contributed by atoms with Crippen molar-refractivity contribution in [3.05, 3.63) is 40.4 Å². The first-order valence-electron chi connectivity index (χ1n) is 7.43. The van der Waals surface area contributed by atoms with Crippen LogP contribution in [-0.4, -0.2) is 28.5 Å². The van der Waals surface area contributed by atoms with E-state index in [-0.39, 0.29) is 24.9 Å². The van der Waals surface area contributed by atoms with Crippen LogP contribution in [0, 0.1) is 6.92 Å². The van der Waals surface area contributed by atoms with Crippen LogP contribution in [0.2, 0.25) is 0 Å². The number of carbonyl (C=O) groups is 2. The van der Waals surface area contributed by atoms with Crippen LogP contribution < -0.4 is 5.73 Å². The fourth-order valence-electron chi connectivity index (χ4n) is 2.27. The second kappa shape index (κ2) is 6.89. The summed E-state index contributed by atoms with van der Waals surface area (Å²) in [5.74, 6) is -0.497. The summed E-state index contributed by atoms with van der Waals surface area (Å²) in [4.78, 5) is 33.3. The molecule has 0 radical (unpaired) electrons. The molecule has 2 N–H and O–H groups in total. The average molecular weight is 361 g/mol. The number of hydrogen-bond acceptors (Lipinski definition) is 9. The van der Waals surface area contributed by atoms with Crippen LogP contribution in [0.4, 0.5) is 5.82 Å². The molecular formula is C16H15N3O5S. The molecule has 0 bridgehead atoms. The summed E-state index contributed by atoms with van der Waals surface area (Å²) in [5.41, 5.74) is 6.97. The molecule has 3 heterocycles. The molecule has 0 aliphatic rings. The maximum atomic E-state index is 12.0. The van der Waals surface area contributed by atoms with Crippen LogP contribution in [0.3, 0.4) is 0 Å². The standard InChI is InChI=1S/C16H15N3O5S/c1-3-23-16(21)12-8(2)11-13(17)18-10(19-14(11)25-12)7-24-15(20)9-4-5-22-6-9/h4-6H,3,7H2,1-2H3,(H2,17,18,19). The third-order valence-electron chi connectivity index (χ3n) is 3.41. The number of ether oxygens (including phenoxy) is 2. The minimum atomic E-state index is -0.550. The number of nitrogens with zero attached hydrogens (tertiary/aromatic N) is 2. The molecule has 8 nitrogen and oxygen atoms in total. The smallest absolute Gasteiger partial charge is 0.348 e. The molecule has 0 unspecified atom stereocenters. The average Bonchev–Trinajstić information content (AvgIpc) is 3.21. The van der Waals surface area contributed by atoms with Gasteiger partial charge < -0.3 is 19.6 Å². The molecule has 0 saturated heterocycles. The Hall–Kier alpha value is -2.94. The molecular weight excluding hydrogens is 346 g/mol.